The average molecular weight is 272 g/mol. The van der Waals surface area contributed by atoms with E-state index >= 15 is 0 Å². The van der Waals surface area contributed by atoms with Gasteiger partial charge in [0.1, 0.15) is 5.82 Å². The molecule has 0 aromatic heterocycles. The Morgan fingerprint density at radius 3 is 2.72 bits per heavy atom. The summed E-state index contributed by atoms with van der Waals surface area (Å²) in [6, 6.07) is 6.15. The number of hydrogen-bond donors (Lipinski definition) is 1. The molecular formula is C13H17FO3S. The molecule has 1 aliphatic rings. The molecule has 0 spiro atoms. The van der Waals surface area contributed by atoms with Gasteiger partial charge < -0.3 is 5.11 Å². The third-order valence-corrected chi connectivity index (χ3v) is 5.77. The van der Waals surface area contributed by atoms with Crippen molar-refractivity contribution in [2.75, 3.05) is 5.75 Å². The highest BCUT2D eigenvalue weighted by atomic mass is 32.2. The van der Waals surface area contributed by atoms with Crippen molar-refractivity contribution in [3.05, 3.63) is 35.6 Å². The van der Waals surface area contributed by atoms with Crippen molar-refractivity contribution < 1.29 is 17.9 Å². The first-order valence-electron chi connectivity index (χ1n) is 6.14. The summed E-state index contributed by atoms with van der Waals surface area (Å²) in [5, 5.41) is 9.30. The molecule has 1 saturated heterocycles. The van der Waals surface area contributed by atoms with Crippen LogP contribution in [-0.2, 0) is 16.3 Å². The van der Waals surface area contributed by atoms with Gasteiger partial charge in [0.25, 0.3) is 0 Å². The standard InChI is InChI=1S/C13H17FO3S/c14-11-6-2-1-5-10(11)9-12(15)13-7-3-4-8-18(13,16)17/h1-2,5-6,12-13,15H,3-4,7-9H2. The normalized spacial score (nSPS) is 24.7. The molecule has 3 nitrogen and oxygen atoms in total. The molecule has 0 bridgehead atoms. The van der Waals surface area contributed by atoms with Crippen LogP contribution in [0.3, 0.4) is 0 Å². The van der Waals surface area contributed by atoms with Crippen LogP contribution in [0.25, 0.3) is 0 Å². The van der Waals surface area contributed by atoms with Crippen molar-refractivity contribution in [3.8, 4) is 0 Å². The minimum absolute atomic E-state index is 0.0522. The van der Waals surface area contributed by atoms with E-state index in [1.807, 2.05) is 0 Å². The van der Waals surface area contributed by atoms with Gasteiger partial charge in [0, 0.05) is 6.42 Å². The van der Waals surface area contributed by atoms with E-state index in [-0.39, 0.29) is 12.2 Å². The van der Waals surface area contributed by atoms with Crippen LogP contribution < -0.4 is 0 Å². The molecule has 1 aliphatic heterocycles. The fourth-order valence-electron chi connectivity index (χ4n) is 2.43. The van der Waals surface area contributed by atoms with E-state index in [2.05, 4.69) is 0 Å². The summed E-state index contributed by atoms with van der Waals surface area (Å²) in [5.74, 6) is -0.267. The van der Waals surface area contributed by atoms with Gasteiger partial charge in [0.2, 0.25) is 0 Å². The van der Waals surface area contributed by atoms with E-state index < -0.39 is 27.0 Å². The predicted octanol–water partition coefficient (Wildman–Crippen LogP) is 1.70. The van der Waals surface area contributed by atoms with E-state index in [1.165, 1.54) is 6.07 Å². The Morgan fingerprint density at radius 2 is 2.06 bits per heavy atom. The second-order valence-corrected chi connectivity index (χ2v) is 7.10. The maximum absolute atomic E-state index is 13.4. The lowest BCUT2D eigenvalue weighted by Crippen LogP contribution is -2.39. The summed E-state index contributed by atoms with van der Waals surface area (Å²) >= 11 is 0. The fraction of sp³-hybridized carbons (Fsp3) is 0.538. The highest BCUT2D eigenvalue weighted by Crippen LogP contribution is 2.24. The molecule has 0 radical (unpaired) electrons. The molecule has 2 rings (SSSR count). The van der Waals surface area contributed by atoms with Crippen molar-refractivity contribution in [3.63, 3.8) is 0 Å². The highest BCUT2D eigenvalue weighted by molar-refractivity contribution is 7.92. The van der Waals surface area contributed by atoms with Gasteiger partial charge in [-0.25, -0.2) is 12.8 Å². The van der Waals surface area contributed by atoms with Crippen LogP contribution >= 0.6 is 0 Å². The van der Waals surface area contributed by atoms with Gasteiger partial charge in [-0.1, -0.05) is 24.6 Å². The number of aliphatic hydroxyl groups excluding tert-OH is 1. The van der Waals surface area contributed by atoms with Crippen LogP contribution in [0, 0.1) is 5.82 Å². The zero-order valence-corrected chi connectivity index (χ0v) is 10.9. The van der Waals surface area contributed by atoms with Crippen LogP contribution in [0.4, 0.5) is 4.39 Å². The van der Waals surface area contributed by atoms with Crippen molar-refractivity contribution in [1.82, 2.24) is 0 Å². The summed E-state index contributed by atoms with van der Waals surface area (Å²) < 4.78 is 37.1. The highest BCUT2D eigenvalue weighted by Gasteiger charge is 2.34. The number of aliphatic hydroxyl groups is 1. The molecule has 0 amide bonds. The van der Waals surface area contributed by atoms with E-state index in [4.69, 9.17) is 0 Å². The third-order valence-electron chi connectivity index (χ3n) is 3.44. The molecule has 5 heteroatoms. The van der Waals surface area contributed by atoms with Crippen molar-refractivity contribution >= 4 is 9.84 Å². The lowest BCUT2D eigenvalue weighted by atomic mass is 10.0. The summed E-state index contributed by atoms with van der Waals surface area (Å²) in [6.07, 6.45) is 0.963. The lowest BCUT2D eigenvalue weighted by molar-refractivity contribution is 0.161. The number of halogens is 1. The van der Waals surface area contributed by atoms with Gasteiger partial charge in [-0.2, -0.15) is 0 Å². The molecule has 1 heterocycles. The minimum atomic E-state index is -3.23. The van der Waals surface area contributed by atoms with Gasteiger partial charge in [0.15, 0.2) is 9.84 Å². The number of rotatable bonds is 3. The van der Waals surface area contributed by atoms with Crippen LogP contribution in [0.2, 0.25) is 0 Å². The summed E-state index contributed by atoms with van der Waals surface area (Å²) in [5.41, 5.74) is 0.366. The first kappa shape index (κ1) is 13.5. The summed E-state index contributed by atoms with van der Waals surface area (Å²) in [6.45, 7) is 0. The van der Waals surface area contributed by atoms with Crippen LogP contribution in [0.5, 0.6) is 0 Å². The molecular weight excluding hydrogens is 255 g/mol. The molecule has 2 unspecified atom stereocenters. The van der Waals surface area contributed by atoms with Gasteiger partial charge in [-0.3, -0.25) is 0 Å². The Morgan fingerprint density at radius 1 is 1.33 bits per heavy atom. The van der Waals surface area contributed by atoms with Crippen molar-refractivity contribution in [1.29, 1.82) is 0 Å². The molecule has 0 saturated carbocycles. The quantitative estimate of drug-likeness (QED) is 0.911. The van der Waals surface area contributed by atoms with E-state index in [0.29, 0.717) is 18.4 Å². The predicted molar refractivity (Wildman–Crippen MR) is 67.5 cm³/mol. The minimum Gasteiger partial charge on any atom is -0.391 e. The Balaban J connectivity index is 2.12. The maximum atomic E-state index is 13.4. The number of benzene rings is 1. The molecule has 2 atom stereocenters. The molecule has 1 aromatic carbocycles. The summed E-state index contributed by atoms with van der Waals surface area (Å²) in [7, 11) is -3.23. The third kappa shape index (κ3) is 2.90. The molecule has 1 fully saturated rings. The van der Waals surface area contributed by atoms with Gasteiger partial charge in [-0.05, 0) is 24.5 Å². The molecule has 18 heavy (non-hydrogen) atoms. The maximum Gasteiger partial charge on any atom is 0.155 e. The first-order valence-corrected chi connectivity index (χ1v) is 7.85. The largest absolute Gasteiger partial charge is 0.391 e. The zero-order chi connectivity index (χ0) is 13.2. The zero-order valence-electron chi connectivity index (χ0n) is 10.0. The SMILES string of the molecule is O=S1(=O)CCCCC1C(O)Cc1ccccc1F. The average Bonchev–Trinajstić information content (AvgIpc) is 2.31. The number of sulfone groups is 1. The molecule has 1 aromatic rings. The van der Waals surface area contributed by atoms with Gasteiger partial charge in [0.05, 0.1) is 17.1 Å². The molecule has 0 aliphatic carbocycles. The first-order chi connectivity index (χ1) is 8.50. The van der Waals surface area contributed by atoms with Gasteiger partial charge in [-0.15, -0.1) is 0 Å². The monoisotopic (exact) mass is 272 g/mol. The van der Waals surface area contributed by atoms with E-state index in [0.717, 1.165) is 6.42 Å². The van der Waals surface area contributed by atoms with Crippen molar-refractivity contribution in [2.45, 2.75) is 37.0 Å². The Kier molecular flexibility index (Phi) is 4.02. The molecule has 1 N–H and O–H groups in total. The fourth-order valence-corrected chi connectivity index (χ4v) is 4.44. The second kappa shape index (κ2) is 5.36. The topological polar surface area (TPSA) is 54.4 Å². The van der Waals surface area contributed by atoms with Crippen LogP contribution in [0.1, 0.15) is 24.8 Å². The number of hydrogen-bond acceptors (Lipinski definition) is 3. The Hall–Kier alpha value is -0.940. The smallest absolute Gasteiger partial charge is 0.155 e. The Bertz CT molecular complexity index is 513. The van der Waals surface area contributed by atoms with Crippen molar-refractivity contribution in [2.24, 2.45) is 0 Å². The van der Waals surface area contributed by atoms with Gasteiger partial charge >= 0.3 is 0 Å². The summed E-state index contributed by atoms with van der Waals surface area (Å²) in [4.78, 5) is 0. The lowest BCUT2D eigenvalue weighted by Gasteiger charge is -2.26. The Labute approximate surface area is 107 Å². The van der Waals surface area contributed by atoms with Crippen LogP contribution in [0.15, 0.2) is 24.3 Å². The van der Waals surface area contributed by atoms with E-state index in [9.17, 15) is 17.9 Å². The second-order valence-electron chi connectivity index (χ2n) is 4.76. The molecule has 100 valence electrons. The van der Waals surface area contributed by atoms with E-state index in [1.54, 1.807) is 18.2 Å². The van der Waals surface area contributed by atoms with Crippen LogP contribution in [-0.4, -0.2) is 30.6 Å².